The van der Waals surface area contributed by atoms with Crippen LogP contribution in [0.1, 0.15) is 12.8 Å². The van der Waals surface area contributed by atoms with E-state index < -0.39 is 10.0 Å². The van der Waals surface area contributed by atoms with Gasteiger partial charge in [0.25, 0.3) is 0 Å². The van der Waals surface area contributed by atoms with Crippen LogP contribution in [0.15, 0.2) is 0 Å². The lowest BCUT2D eigenvalue weighted by molar-refractivity contribution is -0.129. The second kappa shape index (κ2) is 5.27. The first kappa shape index (κ1) is 12.9. The maximum absolute atomic E-state index is 11.4. The zero-order valence-corrected chi connectivity index (χ0v) is 11.0. The first-order chi connectivity index (χ1) is 6.92. The fourth-order valence-electron chi connectivity index (χ4n) is 1.69. The van der Waals surface area contributed by atoms with Gasteiger partial charge in [-0.2, -0.15) is 0 Å². The summed E-state index contributed by atoms with van der Waals surface area (Å²) in [6.07, 6.45) is 2.77. The molecule has 0 aliphatic carbocycles. The van der Waals surface area contributed by atoms with E-state index in [1.807, 2.05) is 0 Å². The molecule has 1 unspecified atom stereocenters. The van der Waals surface area contributed by atoms with E-state index in [2.05, 4.69) is 20.7 Å². The van der Waals surface area contributed by atoms with Crippen LogP contribution in [0.5, 0.6) is 0 Å². The van der Waals surface area contributed by atoms with Crippen molar-refractivity contribution in [3.63, 3.8) is 0 Å². The largest absolute Gasteiger partial charge is 0.340 e. The van der Waals surface area contributed by atoms with Crippen LogP contribution in [0.2, 0.25) is 0 Å². The molecule has 1 rings (SSSR count). The van der Waals surface area contributed by atoms with E-state index in [1.165, 1.54) is 0 Å². The summed E-state index contributed by atoms with van der Waals surface area (Å²) in [6, 6.07) is -0.142. The summed E-state index contributed by atoms with van der Waals surface area (Å²) in [4.78, 5) is 13.1. The Morgan fingerprint density at radius 1 is 1.60 bits per heavy atom. The summed E-state index contributed by atoms with van der Waals surface area (Å²) in [7, 11) is -3.18. The molecule has 7 heteroatoms. The van der Waals surface area contributed by atoms with E-state index in [9.17, 15) is 13.2 Å². The van der Waals surface area contributed by atoms with Crippen molar-refractivity contribution in [3.05, 3.63) is 0 Å². The molecular formula is C8H15BrN2O3S. The molecule has 1 N–H and O–H groups in total. The van der Waals surface area contributed by atoms with Gasteiger partial charge in [-0.05, 0) is 12.8 Å². The van der Waals surface area contributed by atoms with E-state index in [0.29, 0.717) is 18.4 Å². The highest BCUT2D eigenvalue weighted by molar-refractivity contribution is 9.09. The number of halogens is 1. The van der Waals surface area contributed by atoms with Gasteiger partial charge >= 0.3 is 0 Å². The van der Waals surface area contributed by atoms with Gasteiger partial charge in [0, 0.05) is 19.1 Å². The topological polar surface area (TPSA) is 66.5 Å². The van der Waals surface area contributed by atoms with Crippen molar-refractivity contribution in [1.82, 2.24) is 9.62 Å². The van der Waals surface area contributed by atoms with Gasteiger partial charge in [-0.3, -0.25) is 4.79 Å². The van der Waals surface area contributed by atoms with E-state index in [0.717, 1.165) is 19.1 Å². The first-order valence-electron chi connectivity index (χ1n) is 4.73. The molecule has 1 fully saturated rings. The van der Waals surface area contributed by atoms with Crippen molar-refractivity contribution in [1.29, 1.82) is 0 Å². The molecule has 15 heavy (non-hydrogen) atoms. The molecule has 0 aromatic rings. The molecule has 1 atom stereocenters. The molecular weight excluding hydrogens is 284 g/mol. The zero-order valence-electron chi connectivity index (χ0n) is 8.57. The van der Waals surface area contributed by atoms with Gasteiger partial charge in [0.2, 0.25) is 15.9 Å². The lowest BCUT2D eigenvalue weighted by Crippen LogP contribution is -2.49. The number of carbonyl (C=O) groups is 1. The summed E-state index contributed by atoms with van der Waals surface area (Å²) in [6.45, 7) is 1.18. The van der Waals surface area contributed by atoms with Gasteiger partial charge in [0.05, 0.1) is 11.6 Å². The third-order valence-electron chi connectivity index (χ3n) is 2.27. The molecule has 1 heterocycles. The van der Waals surface area contributed by atoms with Crippen LogP contribution in [-0.2, 0) is 14.8 Å². The minimum Gasteiger partial charge on any atom is -0.340 e. The maximum atomic E-state index is 11.4. The smallest absolute Gasteiger partial charge is 0.233 e. The Labute approximate surface area is 98.4 Å². The number of hydrogen-bond acceptors (Lipinski definition) is 3. The van der Waals surface area contributed by atoms with Gasteiger partial charge in [-0.1, -0.05) is 15.9 Å². The Hall–Kier alpha value is -0.140. The van der Waals surface area contributed by atoms with Gasteiger partial charge in [0.15, 0.2) is 0 Å². The minimum absolute atomic E-state index is 0.00926. The molecule has 0 spiro atoms. The highest BCUT2D eigenvalue weighted by atomic mass is 79.9. The molecule has 88 valence electrons. The van der Waals surface area contributed by atoms with Crippen molar-refractivity contribution in [2.45, 2.75) is 18.9 Å². The second-order valence-electron chi connectivity index (χ2n) is 3.70. The number of sulfonamides is 1. The predicted octanol–water partition coefficient (Wildman–Crippen LogP) is -0.0785. The number of hydrogen-bond donors (Lipinski definition) is 1. The number of likely N-dealkylation sites (tertiary alicyclic amines) is 1. The highest BCUT2D eigenvalue weighted by Crippen LogP contribution is 2.11. The van der Waals surface area contributed by atoms with Crippen LogP contribution in [0, 0.1) is 0 Å². The molecule has 0 aromatic heterocycles. The van der Waals surface area contributed by atoms with Gasteiger partial charge in [-0.15, -0.1) is 0 Å². The molecule has 5 nitrogen and oxygen atoms in total. The average molecular weight is 299 g/mol. The van der Waals surface area contributed by atoms with Crippen LogP contribution in [0.4, 0.5) is 0 Å². The van der Waals surface area contributed by atoms with Crippen molar-refractivity contribution in [3.8, 4) is 0 Å². The van der Waals surface area contributed by atoms with Crippen molar-refractivity contribution in [2.24, 2.45) is 0 Å². The third kappa shape index (κ3) is 4.48. The van der Waals surface area contributed by atoms with Crippen LogP contribution < -0.4 is 4.72 Å². The van der Waals surface area contributed by atoms with E-state index >= 15 is 0 Å². The van der Waals surface area contributed by atoms with Crippen LogP contribution in [0.25, 0.3) is 0 Å². The van der Waals surface area contributed by atoms with Crippen LogP contribution in [-0.4, -0.2) is 49.9 Å². The second-order valence-corrected chi connectivity index (χ2v) is 6.04. The van der Waals surface area contributed by atoms with E-state index in [1.54, 1.807) is 4.90 Å². The Balaban J connectivity index is 2.53. The zero-order chi connectivity index (χ0) is 11.5. The van der Waals surface area contributed by atoms with E-state index in [4.69, 9.17) is 0 Å². The summed E-state index contributed by atoms with van der Waals surface area (Å²) in [5.41, 5.74) is 0. The minimum atomic E-state index is -3.18. The number of nitrogens with one attached hydrogen (secondary N) is 1. The number of alkyl halides is 1. The quantitative estimate of drug-likeness (QED) is 0.741. The number of amides is 1. The fraction of sp³-hybridized carbons (Fsp3) is 0.875. The monoisotopic (exact) mass is 298 g/mol. The molecule has 0 saturated carbocycles. The SMILES string of the molecule is CS(=O)(=O)NC1CCCN(C(=O)CBr)C1. The van der Waals surface area contributed by atoms with Crippen LogP contribution in [0.3, 0.4) is 0 Å². The lowest BCUT2D eigenvalue weighted by atomic mass is 10.1. The average Bonchev–Trinajstić information content (AvgIpc) is 2.14. The Kier molecular flexibility index (Phi) is 4.54. The number of piperidine rings is 1. The van der Waals surface area contributed by atoms with Crippen molar-refractivity contribution >= 4 is 31.9 Å². The standard InChI is InChI=1S/C8H15BrN2O3S/c1-15(13,14)10-7-3-2-4-11(6-7)8(12)5-9/h7,10H,2-6H2,1H3. The molecule has 1 aliphatic rings. The number of nitrogens with zero attached hydrogens (tertiary/aromatic N) is 1. The molecule has 1 saturated heterocycles. The van der Waals surface area contributed by atoms with Crippen LogP contribution >= 0.6 is 15.9 Å². The molecule has 0 aromatic carbocycles. The predicted molar refractivity (Wildman–Crippen MR) is 61.4 cm³/mol. The summed E-state index contributed by atoms with van der Waals surface area (Å²) in [5, 5.41) is 0.290. The highest BCUT2D eigenvalue weighted by Gasteiger charge is 2.24. The molecule has 0 radical (unpaired) electrons. The Bertz CT molecular complexity index is 331. The lowest BCUT2D eigenvalue weighted by Gasteiger charge is -2.32. The summed E-state index contributed by atoms with van der Waals surface area (Å²) >= 11 is 3.10. The molecule has 0 bridgehead atoms. The van der Waals surface area contributed by atoms with Crippen molar-refractivity contribution in [2.75, 3.05) is 24.7 Å². The summed E-state index contributed by atoms with van der Waals surface area (Å²) in [5.74, 6) is 0.00926. The first-order valence-corrected chi connectivity index (χ1v) is 7.74. The van der Waals surface area contributed by atoms with Gasteiger partial charge < -0.3 is 4.90 Å². The Morgan fingerprint density at radius 3 is 2.80 bits per heavy atom. The third-order valence-corrected chi connectivity index (χ3v) is 3.51. The van der Waals surface area contributed by atoms with Crippen molar-refractivity contribution < 1.29 is 13.2 Å². The molecule has 1 aliphatic heterocycles. The normalized spacial score (nSPS) is 22.8. The fourth-order valence-corrected chi connectivity index (χ4v) is 2.84. The van der Waals surface area contributed by atoms with Gasteiger partial charge in [0.1, 0.15) is 0 Å². The number of carbonyl (C=O) groups excluding carboxylic acids is 1. The van der Waals surface area contributed by atoms with E-state index in [-0.39, 0.29) is 11.9 Å². The van der Waals surface area contributed by atoms with Gasteiger partial charge in [-0.25, -0.2) is 13.1 Å². The Morgan fingerprint density at radius 2 is 2.27 bits per heavy atom. The maximum Gasteiger partial charge on any atom is 0.233 e. The number of rotatable bonds is 3. The summed E-state index contributed by atoms with van der Waals surface area (Å²) < 4.78 is 24.6. The molecule has 1 amide bonds.